The molecule has 0 unspecified atom stereocenters. The highest BCUT2D eigenvalue weighted by Gasteiger charge is 2.31. The first-order chi connectivity index (χ1) is 16.6. The molecule has 0 atom stereocenters. The molecule has 0 fully saturated rings. The zero-order valence-corrected chi connectivity index (χ0v) is 18.8. The number of aromatic nitrogens is 3. The first-order valence-corrected chi connectivity index (χ1v) is 11.2. The van der Waals surface area contributed by atoms with Gasteiger partial charge in [0, 0.05) is 47.7 Å². The first-order valence-electron chi connectivity index (χ1n) is 11.2. The van der Waals surface area contributed by atoms with Crippen LogP contribution in [0.25, 0.3) is 11.3 Å². The largest absolute Gasteiger partial charge is 0.464 e. The molecule has 34 heavy (non-hydrogen) atoms. The molecule has 0 N–H and O–H groups in total. The van der Waals surface area contributed by atoms with Crippen LogP contribution in [0.4, 0.5) is 0 Å². The van der Waals surface area contributed by atoms with Crippen molar-refractivity contribution in [3.63, 3.8) is 0 Å². The molecule has 0 saturated heterocycles. The SMILES string of the molecule is CCOC(=O)c1nn(Cc2ccncc2)c2c1CN(C(=O)c1ccc(-c3ccco3)cc1)CC2. The number of amides is 1. The molecule has 0 spiro atoms. The number of ether oxygens (including phenoxy) is 1. The minimum Gasteiger partial charge on any atom is -0.464 e. The fourth-order valence-corrected chi connectivity index (χ4v) is 4.22. The van der Waals surface area contributed by atoms with Crippen LogP contribution >= 0.6 is 0 Å². The van der Waals surface area contributed by atoms with E-state index in [0.29, 0.717) is 31.6 Å². The maximum absolute atomic E-state index is 13.3. The summed E-state index contributed by atoms with van der Waals surface area (Å²) in [4.78, 5) is 31.7. The molecule has 0 saturated carbocycles. The molecular formula is C26H24N4O4. The highest BCUT2D eigenvalue weighted by atomic mass is 16.5. The Balaban J connectivity index is 1.40. The number of hydrogen-bond acceptors (Lipinski definition) is 6. The van der Waals surface area contributed by atoms with Gasteiger partial charge in [-0.25, -0.2) is 4.79 Å². The predicted molar refractivity (Wildman–Crippen MR) is 124 cm³/mol. The van der Waals surface area contributed by atoms with E-state index >= 15 is 0 Å². The quantitative estimate of drug-likeness (QED) is 0.408. The highest BCUT2D eigenvalue weighted by molar-refractivity contribution is 5.95. The molecule has 1 aliphatic heterocycles. The van der Waals surface area contributed by atoms with E-state index in [1.54, 1.807) is 42.6 Å². The van der Waals surface area contributed by atoms with Crippen LogP contribution in [0, 0.1) is 0 Å². The molecule has 8 nitrogen and oxygen atoms in total. The zero-order chi connectivity index (χ0) is 23.5. The Kier molecular flexibility index (Phi) is 5.95. The van der Waals surface area contributed by atoms with Crippen LogP contribution in [0.5, 0.6) is 0 Å². The standard InChI is InChI=1S/C26H24N4O4/c1-2-33-26(32)24-21-17-29(14-11-22(21)30(28-24)16-18-9-12-27-13-10-18)25(31)20-7-5-19(6-8-20)23-4-3-15-34-23/h3-10,12-13,15H,2,11,14,16-17H2,1H3. The maximum Gasteiger partial charge on any atom is 0.359 e. The van der Waals surface area contributed by atoms with E-state index in [9.17, 15) is 9.59 Å². The van der Waals surface area contributed by atoms with E-state index in [4.69, 9.17) is 9.15 Å². The summed E-state index contributed by atoms with van der Waals surface area (Å²) < 4.78 is 12.5. The van der Waals surface area contributed by atoms with Crippen molar-refractivity contribution in [2.24, 2.45) is 0 Å². The van der Waals surface area contributed by atoms with Crippen molar-refractivity contribution in [3.05, 3.63) is 95.3 Å². The van der Waals surface area contributed by atoms with Crippen LogP contribution in [0.3, 0.4) is 0 Å². The average Bonchev–Trinajstić information content (AvgIpc) is 3.53. The number of rotatable bonds is 6. The van der Waals surface area contributed by atoms with Gasteiger partial charge in [0.05, 0.1) is 26.0 Å². The lowest BCUT2D eigenvalue weighted by molar-refractivity contribution is 0.0513. The van der Waals surface area contributed by atoms with Crippen molar-refractivity contribution in [1.29, 1.82) is 0 Å². The van der Waals surface area contributed by atoms with Gasteiger partial charge in [-0.05, 0) is 48.9 Å². The van der Waals surface area contributed by atoms with Crippen LogP contribution < -0.4 is 0 Å². The van der Waals surface area contributed by atoms with Gasteiger partial charge < -0.3 is 14.1 Å². The molecule has 0 aliphatic carbocycles. The van der Waals surface area contributed by atoms with Crippen LogP contribution in [-0.2, 0) is 24.2 Å². The maximum atomic E-state index is 13.3. The summed E-state index contributed by atoms with van der Waals surface area (Å²) in [5.74, 6) is 0.194. The van der Waals surface area contributed by atoms with E-state index < -0.39 is 5.97 Å². The Morgan fingerprint density at radius 1 is 1.09 bits per heavy atom. The molecular weight excluding hydrogens is 432 g/mol. The molecule has 1 aromatic carbocycles. The van der Waals surface area contributed by atoms with Crippen molar-refractivity contribution in [2.45, 2.75) is 26.4 Å². The Hall–Kier alpha value is -4.20. The van der Waals surface area contributed by atoms with Gasteiger partial charge in [-0.3, -0.25) is 14.5 Å². The van der Waals surface area contributed by atoms with Gasteiger partial charge in [0.25, 0.3) is 5.91 Å². The number of nitrogens with zero attached hydrogens (tertiary/aromatic N) is 4. The molecule has 3 aromatic heterocycles. The van der Waals surface area contributed by atoms with E-state index in [1.165, 1.54) is 0 Å². The smallest absolute Gasteiger partial charge is 0.359 e. The monoisotopic (exact) mass is 456 g/mol. The molecule has 172 valence electrons. The zero-order valence-electron chi connectivity index (χ0n) is 18.8. The highest BCUT2D eigenvalue weighted by Crippen LogP contribution is 2.26. The fourth-order valence-electron chi connectivity index (χ4n) is 4.22. The summed E-state index contributed by atoms with van der Waals surface area (Å²) in [7, 11) is 0. The van der Waals surface area contributed by atoms with Crippen LogP contribution in [-0.4, -0.2) is 44.7 Å². The second-order valence-electron chi connectivity index (χ2n) is 8.04. The minimum atomic E-state index is -0.468. The van der Waals surface area contributed by atoms with Crippen LogP contribution in [0.2, 0.25) is 0 Å². The van der Waals surface area contributed by atoms with Gasteiger partial charge in [-0.15, -0.1) is 0 Å². The predicted octanol–water partition coefficient (Wildman–Crippen LogP) is 3.96. The Labute approximate surface area is 196 Å². The topological polar surface area (TPSA) is 90.5 Å². The van der Waals surface area contributed by atoms with Crippen molar-refractivity contribution in [1.82, 2.24) is 19.7 Å². The molecule has 1 aliphatic rings. The van der Waals surface area contributed by atoms with E-state index in [0.717, 1.165) is 28.1 Å². The summed E-state index contributed by atoms with van der Waals surface area (Å²) in [5.41, 5.74) is 4.50. The normalized spacial score (nSPS) is 12.9. The molecule has 0 radical (unpaired) electrons. The van der Waals surface area contributed by atoms with Gasteiger partial charge in [0.15, 0.2) is 5.69 Å². The Bertz CT molecular complexity index is 1290. The fraction of sp³-hybridized carbons (Fsp3) is 0.231. The lowest BCUT2D eigenvalue weighted by Crippen LogP contribution is -2.36. The van der Waals surface area contributed by atoms with Gasteiger partial charge >= 0.3 is 5.97 Å². The van der Waals surface area contributed by atoms with E-state index in [1.807, 2.05) is 41.1 Å². The second kappa shape index (κ2) is 9.35. The van der Waals surface area contributed by atoms with Crippen molar-refractivity contribution < 1.29 is 18.7 Å². The van der Waals surface area contributed by atoms with Gasteiger partial charge in [0.1, 0.15) is 5.76 Å². The van der Waals surface area contributed by atoms with Gasteiger partial charge in [-0.2, -0.15) is 5.10 Å². The number of fused-ring (bicyclic) bond motifs is 1. The minimum absolute atomic E-state index is 0.0895. The molecule has 8 heteroatoms. The number of pyridine rings is 1. The summed E-state index contributed by atoms with van der Waals surface area (Å²) in [6.45, 7) is 3.39. The lowest BCUT2D eigenvalue weighted by atomic mass is 10.0. The average molecular weight is 457 g/mol. The molecule has 1 amide bonds. The summed E-state index contributed by atoms with van der Waals surface area (Å²) in [6, 6.07) is 14.9. The molecule has 0 bridgehead atoms. The number of esters is 1. The summed E-state index contributed by atoms with van der Waals surface area (Å²) >= 11 is 0. The third-order valence-electron chi connectivity index (χ3n) is 5.91. The number of hydrogen-bond donors (Lipinski definition) is 0. The number of benzene rings is 1. The Morgan fingerprint density at radius 3 is 2.59 bits per heavy atom. The van der Waals surface area contributed by atoms with Crippen LogP contribution in [0.1, 0.15) is 44.6 Å². The Morgan fingerprint density at radius 2 is 1.88 bits per heavy atom. The summed E-state index contributed by atoms with van der Waals surface area (Å²) in [6.07, 6.45) is 5.68. The van der Waals surface area contributed by atoms with Crippen molar-refractivity contribution in [3.8, 4) is 11.3 Å². The van der Waals surface area contributed by atoms with E-state index in [2.05, 4.69) is 10.1 Å². The lowest BCUT2D eigenvalue weighted by Gasteiger charge is -2.28. The molecule has 4 heterocycles. The van der Waals surface area contributed by atoms with Crippen LogP contribution in [0.15, 0.2) is 71.6 Å². The third kappa shape index (κ3) is 4.22. The van der Waals surface area contributed by atoms with E-state index in [-0.39, 0.29) is 18.2 Å². The second-order valence-corrected chi connectivity index (χ2v) is 8.04. The van der Waals surface area contributed by atoms with Gasteiger partial charge in [-0.1, -0.05) is 12.1 Å². The van der Waals surface area contributed by atoms with Gasteiger partial charge in [0.2, 0.25) is 0 Å². The molecule has 5 rings (SSSR count). The van der Waals surface area contributed by atoms with Crippen molar-refractivity contribution >= 4 is 11.9 Å². The van der Waals surface area contributed by atoms with Crippen molar-refractivity contribution in [2.75, 3.05) is 13.2 Å². The number of furan rings is 1. The molecule has 4 aromatic rings. The number of carbonyl (C=O) groups excluding carboxylic acids is 2. The summed E-state index contributed by atoms with van der Waals surface area (Å²) in [5, 5.41) is 4.59. The third-order valence-corrected chi connectivity index (χ3v) is 5.91. The number of carbonyl (C=O) groups is 2. The first kappa shape index (κ1) is 21.6.